The normalized spacial score (nSPS) is 13.4. The van der Waals surface area contributed by atoms with Crippen molar-refractivity contribution in [1.82, 2.24) is 4.98 Å². The van der Waals surface area contributed by atoms with Gasteiger partial charge in [0.15, 0.2) is 0 Å². The Kier molecular flexibility index (Phi) is 5.17. The maximum Gasteiger partial charge on any atom is 0.433 e. The van der Waals surface area contributed by atoms with Crippen LogP contribution < -0.4 is 10.6 Å². The van der Waals surface area contributed by atoms with Crippen molar-refractivity contribution in [3.8, 4) is 0 Å². The van der Waals surface area contributed by atoms with Gasteiger partial charge in [-0.05, 0) is 19.4 Å². The maximum atomic E-state index is 12.7. The number of aromatic nitrogens is 1. The Morgan fingerprint density at radius 2 is 2.00 bits per heavy atom. The van der Waals surface area contributed by atoms with E-state index in [1.54, 1.807) is 11.9 Å². The number of alkyl halides is 3. The highest BCUT2D eigenvalue weighted by molar-refractivity contribution is 5.48. The molecule has 0 amide bonds. The van der Waals surface area contributed by atoms with Crippen LogP contribution in [0.4, 0.5) is 19.0 Å². The van der Waals surface area contributed by atoms with Gasteiger partial charge in [0.2, 0.25) is 0 Å². The van der Waals surface area contributed by atoms with Crippen LogP contribution in [-0.2, 0) is 12.7 Å². The minimum absolute atomic E-state index is 0.117. The molecule has 1 rings (SSSR count). The van der Waals surface area contributed by atoms with E-state index < -0.39 is 11.9 Å². The average molecular weight is 275 g/mol. The van der Waals surface area contributed by atoms with Gasteiger partial charge in [0.25, 0.3) is 0 Å². The maximum absolute atomic E-state index is 12.7. The van der Waals surface area contributed by atoms with Gasteiger partial charge in [0.05, 0.1) is 0 Å². The molecule has 6 heteroatoms. The number of hydrogen-bond donors (Lipinski definition) is 1. The zero-order valence-electron chi connectivity index (χ0n) is 11.5. The second kappa shape index (κ2) is 6.23. The van der Waals surface area contributed by atoms with E-state index in [-0.39, 0.29) is 12.6 Å². The summed E-state index contributed by atoms with van der Waals surface area (Å²) < 4.78 is 38.1. The predicted molar refractivity (Wildman–Crippen MR) is 69.9 cm³/mol. The first-order chi connectivity index (χ1) is 8.81. The van der Waals surface area contributed by atoms with Crippen LogP contribution in [0.1, 0.15) is 37.9 Å². The summed E-state index contributed by atoms with van der Waals surface area (Å²) in [6.45, 7) is 4.17. The molecule has 2 N–H and O–H groups in total. The Morgan fingerprint density at radius 1 is 1.37 bits per heavy atom. The molecule has 1 atom stereocenters. The molecular formula is C13H20F3N3. The van der Waals surface area contributed by atoms with Crippen molar-refractivity contribution in [2.75, 3.05) is 11.9 Å². The summed E-state index contributed by atoms with van der Waals surface area (Å²) in [5.74, 6) is 0.318. The van der Waals surface area contributed by atoms with Crippen LogP contribution in [0.25, 0.3) is 0 Å². The van der Waals surface area contributed by atoms with Gasteiger partial charge >= 0.3 is 6.18 Å². The first-order valence-corrected chi connectivity index (χ1v) is 6.31. The third kappa shape index (κ3) is 3.83. The lowest BCUT2D eigenvalue weighted by Gasteiger charge is -2.28. The van der Waals surface area contributed by atoms with Gasteiger partial charge in [0, 0.05) is 25.2 Å². The zero-order chi connectivity index (χ0) is 14.6. The summed E-state index contributed by atoms with van der Waals surface area (Å²) in [7, 11) is 1.75. The van der Waals surface area contributed by atoms with E-state index in [2.05, 4.69) is 4.98 Å². The number of pyridine rings is 1. The topological polar surface area (TPSA) is 42.2 Å². The van der Waals surface area contributed by atoms with E-state index in [1.165, 1.54) is 6.07 Å². The summed E-state index contributed by atoms with van der Waals surface area (Å²) in [5, 5.41) is 0. The number of anilines is 1. The lowest BCUT2D eigenvalue weighted by Crippen LogP contribution is -2.31. The Morgan fingerprint density at radius 3 is 2.47 bits per heavy atom. The Labute approximate surface area is 111 Å². The van der Waals surface area contributed by atoms with Gasteiger partial charge < -0.3 is 10.6 Å². The van der Waals surface area contributed by atoms with Crippen molar-refractivity contribution in [3.05, 3.63) is 23.4 Å². The van der Waals surface area contributed by atoms with E-state index in [4.69, 9.17) is 5.73 Å². The first-order valence-electron chi connectivity index (χ1n) is 6.31. The summed E-state index contributed by atoms with van der Waals surface area (Å²) in [4.78, 5) is 5.50. The largest absolute Gasteiger partial charge is 0.433 e. The van der Waals surface area contributed by atoms with Crippen molar-refractivity contribution in [3.63, 3.8) is 0 Å². The quantitative estimate of drug-likeness (QED) is 0.897. The molecule has 0 aromatic carbocycles. The third-order valence-corrected chi connectivity index (χ3v) is 3.17. The van der Waals surface area contributed by atoms with Crippen molar-refractivity contribution >= 4 is 5.82 Å². The second-order valence-corrected chi connectivity index (χ2v) is 4.63. The van der Waals surface area contributed by atoms with Crippen molar-refractivity contribution in [2.24, 2.45) is 5.73 Å². The van der Waals surface area contributed by atoms with Crippen LogP contribution in [0.3, 0.4) is 0 Å². The molecule has 0 aliphatic heterocycles. The minimum Gasteiger partial charge on any atom is -0.357 e. The molecule has 0 radical (unpaired) electrons. The molecule has 0 fully saturated rings. The summed E-state index contributed by atoms with van der Waals surface area (Å²) >= 11 is 0. The molecule has 0 spiro atoms. The van der Waals surface area contributed by atoms with E-state index >= 15 is 0 Å². The monoisotopic (exact) mass is 275 g/mol. The van der Waals surface area contributed by atoms with Gasteiger partial charge in [-0.1, -0.05) is 19.4 Å². The van der Waals surface area contributed by atoms with Crippen LogP contribution in [-0.4, -0.2) is 18.1 Å². The molecule has 0 aliphatic rings. The van der Waals surface area contributed by atoms with Crippen molar-refractivity contribution < 1.29 is 13.2 Å². The molecule has 0 saturated heterocycles. The molecule has 0 aliphatic carbocycles. The fourth-order valence-electron chi connectivity index (χ4n) is 1.92. The molecule has 0 bridgehead atoms. The lowest BCUT2D eigenvalue weighted by atomic mass is 10.1. The fraction of sp³-hybridized carbons (Fsp3) is 0.615. The molecular weight excluding hydrogens is 255 g/mol. The van der Waals surface area contributed by atoms with E-state index in [0.29, 0.717) is 11.4 Å². The molecule has 19 heavy (non-hydrogen) atoms. The van der Waals surface area contributed by atoms with Gasteiger partial charge in [-0.3, -0.25) is 0 Å². The molecule has 3 nitrogen and oxygen atoms in total. The van der Waals surface area contributed by atoms with Crippen LogP contribution in [0.2, 0.25) is 0 Å². The summed E-state index contributed by atoms with van der Waals surface area (Å²) in [6.07, 6.45) is -2.59. The SMILES string of the molecule is CCCC(C)N(C)c1nc(C(F)(F)F)ccc1CN. The minimum atomic E-state index is -4.43. The predicted octanol–water partition coefficient (Wildman–Crippen LogP) is 3.18. The Balaban J connectivity index is 3.15. The van der Waals surface area contributed by atoms with E-state index in [9.17, 15) is 13.2 Å². The summed E-state index contributed by atoms with van der Waals surface area (Å²) in [5.41, 5.74) is 5.32. The summed E-state index contributed by atoms with van der Waals surface area (Å²) in [6, 6.07) is 2.50. The van der Waals surface area contributed by atoms with Crippen LogP contribution in [0, 0.1) is 0 Å². The molecule has 1 aromatic heterocycles. The number of halogens is 3. The molecule has 108 valence electrons. The van der Waals surface area contributed by atoms with Crippen molar-refractivity contribution in [1.29, 1.82) is 0 Å². The van der Waals surface area contributed by atoms with Crippen molar-refractivity contribution in [2.45, 2.75) is 45.5 Å². The second-order valence-electron chi connectivity index (χ2n) is 4.63. The van der Waals surface area contributed by atoms with Gasteiger partial charge in [-0.15, -0.1) is 0 Å². The smallest absolute Gasteiger partial charge is 0.357 e. The molecule has 0 saturated carbocycles. The van der Waals surface area contributed by atoms with Gasteiger partial charge in [-0.25, -0.2) is 4.98 Å². The zero-order valence-corrected chi connectivity index (χ0v) is 11.5. The van der Waals surface area contributed by atoms with Gasteiger partial charge in [-0.2, -0.15) is 13.2 Å². The Hall–Kier alpha value is -1.30. The van der Waals surface area contributed by atoms with Gasteiger partial charge in [0.1, 0.15) is 11.5 Å². The van der Waals surface area contributed by atoms with E-state index in [1.807, 2.05) is 13.8 Å². The first kappa shape index (κ1) is 15.8. The highest BCUT2D eigenvalue weighted by Gasteiger charge is 2.33. The third-order valence-electron chi connectivity index (χ3n) is 3.17. The molecule has 1 heterocycles. The number of nitrogens with two attached hydrogens (primary N) is 1. The fourth-order valence-corrected chi connectivity index (χ4v) is 1.92. The standard InChI is InChI=1S/C13H20F3N3/c1-4-5-9(2)19(3)12-10(8-17)6-7-11(18-12)13(14,15)16/h6-7,9H,4-5,8,17H2,1-3H3. The highest BCUT2D eigenvalue weighted by Crippen LogP contribution is 2.30. The van der Waals surface area contributed by atoms with Crippen LogP contribution >= 0.6 is 0 Å². The number of rotatable bonds is 5. The van der Waals surface area contributed by atoms with Crippen LogP contribution in [0.15, 0.2) is 12.1 Å². The molecule has 1 unspecified atom stereocenters. The average Bonchev–Trinajstić information content (AvgIpc) is 2.36. The number of nitrogens with zero attached hydrogens (tertiary/aromatic N) is 2. The lowest BCUT2D eigenvalue weighted by molar-refractivity contribution is -0.141. The highest BCUT2D eigenvalue weighted by atomic mass is 19.4. The van der Waals surface area contributed by atoms with E-state index in [0.717, 1.165) is 18.9 Å². The van der Waals surface area contributed by atoms with Crippen LogP contribution in [0.5, 0.6) is 0 Å². The Bertz CT molecular complexity index is 418. The molecule has 1 aromatic rings. The number of hydrogen-bond acceptors (Lipinski definition) is 3.